The molecule has 0 N–H and O–H groups in total. The number of ether oxygens (including phenoxy) is 1. The summed E-state index contributed by atoms with van der Waals surface area (Å²) in [7, 11) is 0. The molecule has 31 heavy (non-hydrogen) atoms. The van der Waals surface area contributed by atoms with Crippen molar-refractivity contribution >= 4 is 23.3 Å². The first-order chi connectivity index (χ1) is 15.0. The molecule has 2 aliphatic rings. The number of hydrogen-bond acceptors (Lipinski definition) is 7. The molecular formula is C23H27N5O3. The fraction of sp³-hybridized carbons (Fsp3) is 0.391. The Hall–Kier alpha value is -3.42. The van der Waals surface area contributed by atoms with Crippen LogP contribution in [0.1, 0.15) is 26.3 Å². The van der Waals surface area contributed by atoms with Gasteiger partial charge in [0.2, 0.25) is 5.95 Å². The minimum atomic E-state index is -0.243. The summed E-state index contributed by atoms with van der Waals surface area (Å²) in [4.78, 5) is 40.7. The maximum atomic E-state index is 13.3. The van der Waals surface area contributed by atoms with Crippen molar-refractivity contribution in [2.75, 3.05) is 37.7 Å². The van der Waals surface area contributed by atoms with Gasteiger partial charge in [0.05, 0.1) is 12.2 Å². The smallest absolute Gasteiger partial charge is 0.278 e. The van der Waals surface area contributed by atoms with Crippen LogP contribution in [-0.4, -0.2) is 70.4 Å². The number of rotatable bonds is 6. The highest BCUT2D eigenvalue weighted by molar-refractivity contribution is 6.35. The lowest BCUT2D eigenvalue weighted by Gasteiger charge is -2.36. The van der Waals surface area contributed by atoms with E-state index in [1.54, 1.807) is 18.5 Å². The van der Waals surface area contributed by atoms with Gasteiger partial charge in [-0.1, -0.05) is 12.1 Å². The highest BCUT2D eigenvalue weighted by atomic mass is 16.5. The summed E-state index contributed by atoms with van der Waals surface area (Å²) in [6, 6.07) is 8.95. The number of anilines is 1. The van der Waals surface area contributed by atoms with Crippen LogP contribution < -0.4 is 9.64 Å². The Labute approximate surface area is 182 Å². The molecule has 0 bridgehead atoms. The largest absolute Gasteiger partial charge is 0.494 e. The van der Waals surface area contributed by atoms with E-state index in [-0.39, 0.29) is 17.9 Å². The van der Waals surface area contributed by atoms with Gasteiger partial charge in [-0.2, -0.15) is 0 Å². The highest BCUT2D eigenvalue weighted by Gasteiger charge is 2.43. The van der Waals surface area contributed by atoms with E-state index < -0.39 is 0 Å². The molecular weight excluding hydrogens is 394 g/mol. The summed E-state index contributed by atoms with van der Waals surface area (Å²) in [5.74, 6) is 0.948. The number of piperazine rings is 1. The van der Waals surface area contributed by atoms with Crippen molar-refractivity contribution in [1.82, 2.24) is 19.8 Å². The molecule has 1 aromatic carbocycles. The van der Waals surface area contributed by atoms with Crippen LogP contribution in [0.15, 0.2) is 48.4 Å². The molecule has 0 atom stereocenters. The van der Waals surface area contributed by atoms with Crippen LogP contribution in [-0.2, 0) is 9.59 Å². The van der Waals surface area contributed by atoms with Crippen molar-refractivity contribution in [1.29, 1.82) is 0 Å². The molecule has 162 valence electrons. The average molecular weight is 422 g/mol. The van der Waals surface area contributed by atoms with Gasteiger partial charge < -0.3 is 14.5 Å². The summed E-state index contributed by atoms with van der Waals surface area (Å²) in [6.45, 7) is 8.78. The Bertz CT molecular complexity index is 980. The predicted octanol–water partition coefficient (Wildman–Crippen LogP) is 2.19. The van der Waals surface area contributed by atoms with Crippen LogP contribution in [0.2, 0.25) is 0 Å². The van der Waals surface area contributed by atoms with Gasteiger partial charge in [-0.15, -0.1) is 0 Å². The van der Waals surface area contributed by atoms with Crippen molar-refractivity contribution in [3.05, 3.63) is 54.0 Å². The van der Waals surface area contributed by atoms with Gasteiger partial charge >= 0.3 is 0 Å². The van der Waals surface area contributed by atoms with E-state index in [4.69, 9.17) is 4.74 Å². The molecule has 2 amide bonds. The first-order valence-electron chi connectivity index (χ1n) is 10.6. The Balaban J connectivity index is 1.64. The molecule has 1 saturated heterocycles. The average Bonchev–Trinajstić information content (AvgIpc) is 3.05. The van der Waals surface area contributed by atoms with Crippen LogP contribution >= 0.6 is 0 Å². The fourth-order valence-electron chi connectivity index (χ4n) is 4.03. The van der Waals surface area contributed by atoms with Crippen molar-refractivity contribution in [3.8, 4) is 5.75 Å². The van der Waals surface area contributed by atoms with Gasteiger partial charge in [0, 0.05) is 44.6 Å². The molecule has 3 heterocycles. The Morgan fingerprint density at radius 3 is 2.13 bits per heavy atom. The standard InChI is InChI=1S/C23H27N5O3/c1-4-31-18-8-6-17(7-9-18)19-20(22(30)28(16(2)3)21(19)29)26-12-14-27(15-13-26)23-24-10-5-11-25-23/h5-11,16H,4,12-15H2,1-3H3. The van der Waals surface area contributed by atoms with E-state index in [9.17, 15) is 9.59 Å². The van der Waals surface area contributed by atoms with E-state index in [0.717, 1.165) is 11.3 Å². The topological polar surface area (TPSA) is 78.9 Å². The molecule has 4 rings (SSSR count). The molecule has 8 nitrogen and oxygen atoms in total. The summed E-state index contributed by atoms with van der Waals surface area (Å²) in [6.07, 6.45) is 3.45. The number of aromatic nitrogens is 2. The lowest BCUT2D eigenvalue weighted by atomic mass is 10.0. The van der Waals surface area contributed by atoms with E-state index in [0.29, 0.717) is 50.0 Å². The first-order valence-corrected chi connectivity index (χ1v) is 10.6. The zero-order valence-corrected chi connectivity index (χ0v) is 18.1. The van der Waals surface area contributed by atoms with Crippen LogP contribution in [0.25, 0.3) is 5.57 Å². The van der Waals surface area contributed by atoms with E-state index >= 15 is 0 Å². The van der Waals surface area contributed by atoms with Crippen molar-refractivity contribution < 1.29 is 14.3 Å². The second kappa shape index (κ2) is 8.75. The molecule has 8 heteroatoms. The van der Waals surface area contributed by atoms with Gasteiger partial charge in [-0.3, -0.25) is 14.5 Å². The number of imide groups is 1. The number of carbonyl (C=O) groups excluding carboxylic acids is 2. The van der Waals surface area contributed by atoms with Crippen molar-refractivity contribution in [2.24, 2.45) is 0 Å². The second-order valence-corrected chi connectivity index (χ2v) is 7.78. The zero-order valence-electron chi connectivity index (χ0n) is 18.1. The third kappa shape index (κ3) is 3.97. The molecule has 0 saturated carbocycles. The molecule has 2 aromatic rings. The van der Waals surface area contributed by atoms with Gasteiger partial charge in [-0.25, -0.2) is 9.97 Å². The molecule has 1 aromatic heterocycles. The maximum absolute atomic E-state index is 13.3. The molecule has 0 aliphatic carbocycles. The maximum Gasteiger partial charge on any atom is 0.278 e. The summed E-state index contributed by atoms with van der Waals surface area (Å²) in [5, 5.41) is 0. The highest BCUT2D eigenvalue weighted by Crippen LogP contribution is 2.34. The Morgan fingerprint density at radius 1 is 0.935 bits per heavy atom. The third-order valence-corrected chi connectivity index (χ3v) is 5.49. The van der Waals surface area contributed by atoms with Crippen LogP contribution in [0.3, 0.4) is 0 Å². The lowest BCUT2D eigenvalue weighted by molar-refractivity contribution is -0.139. The number of amides is 2. The minimum absolute atomic E-state index is 0.214. The van der Waals surface area contributed by atoms with Crippen LogP contribution in [0.5, 0.6) is 5.75 Å². The van der Waals surface area contributed by atoms with E-state index in [1.165, 1.54) is 4.90 Å². The summed E-state index contributed by atoms with van der Waals surface area (Å²) < 4.78 is 5.52. The molecule has 1 fully saturated rings. The quantitative estimate of drug-likeness (QED) is 0.662. The fourth-order valence-corrected chi connectivity index (χ4v) is 4.03. The SMILES string of the molecule is CCOc1ccc(C2=C(N3CCN(c4ncccn4)CC3)C(=O)N(C(C)C)C2=O)cc1. The summed E-state index contributed by atoms with van der Waals surface area (Å²) in [5.41, 5.74) is 1.68. The molecule has 2 aliphatic heterocycles. The third-order valence-electron chi connectivity index (χ3n) is 5.49. The van der Waals surface area contributed by atoms with Crippen molar-refractivity contribution in [2.45, 2.75) is 26.8 Å². The number of carbonyl (C=O) groups is 2. The van der Waals surface area contributed by atoms with Gasteiger partial charge in [0.1, 0.15) is 11.4 Å². The van der Waals surface area contributed by atoms with Gasteiger partial charge in [-0.05, 0) is 44.5 Å². The number of hydrogen-bond donors (Lipinski definition) is 0. The molecule has 0 spiro atoms. The Morgan fingerprint density at radius 2 is 1.55 bits per heavy atom. The number of benzene rings is 1. The Kier molecular flexibility index (Phi) is 5.88. The number of nitrogens with zero attached hydrogens (tertiary/aromatic N) is 5. The predicted molar refractivity (Wildman–Crippen MR) is 117 cm³/mol. The zero-order chi connectivity index (χ0) is 22.0. The molecule has 0 radical (unpaired) electrons. The summed E-state index contributed by atoms with van der Waals surface area (Å²) >= 11 is 0. The van der Waals surface area contributed by atoms with Crippen molar-refractivity contribution in [3.63, 3.8) is 0 Å². The second-order valence-electron chi connectivity index (χ2n) is 7.78. The van der Waals surface area contributed by atoms with Gasteiger partial charge in [0.15, 0.2) is 0 Å². The first kappa shape index (κ1) is 20.8. The van der Waals surface area contributed by atoms with Gasteiger partial charge in [0.25, 0.3) is 11.8 Å². The van der Waals surface area contributed by atoms with E-state index in [1.807, 2.05) is 49.9 Å². The monoisotopic (exact) mass is 421 g/mol. The normalized spacial score (nSPS) is 17.2. The van der Waals surface area contributed by atoms with Crippen LogP contribution in [0, 0.1) is 0 Å². The minimum Gasteiger partial charge on any atom is -0.494 e. The molecule has 0 unspecified atom stereocenters. The van der Waals surface area contributed by atoms with Crippen LogP contribution in [0.4, 0.5) is 5.95 Å². The van der Waals surface area contributed by atoms with E-state index in [2.05, 4.69) is 14.9 Å². The lowest BCUT2D eigenvalue weighted by Crippen LogP contribution is -2.48.